The summed E-state index contributed by atoms with van der Waals surface area (Å²) in [7, 11) is 0. The first-order valence-corrected chi connectivity index (χ1v) is 8.21. The van der Waals surface area contributed by atoms with Gasteiger partial charge in [0, 0.05) is 28.7 Å². The SMILES string of the molecule is CSC(C)(C)CNc1nc(-c2ccccn2)nc(C)c1C. The first-order chi connectivity index (χ1) is 9.93. The number of nitrogens with zero attached hydrogens (tertiary/aromatic N) is 3. The molecule has 0 saturated carbocycles. The Morgan fingerprint density at radius 3 is 2.57 bits per heavy atom. The highest BCUT2D eigenvalue weighted by molar-refractivity contribution is 7.99. The maximum Gasteiger partial charge on any atom is 0.180 e. The predicted molar refractivity (Wildman–Crippen MR) is 90.8 cm³/mol. The van der Waals surface area contributed by atoms with Crippen LogP contribution in [0.3, 0.4) is 0 Å². The molecule has 0 spiro atoms. The average molecular weight is 302 g/mol. The minimum atomic E-state index is 0.163. The lowest BCUT2D eigenvalue weighted by Gasteiger charge is -2.23. The highest BCUT2D eigenvalue weighted by Crippen LogP contribution is 2.24. The molecule has 0 radical (unpaired) electrons. The fourth-order valence-electron chi connectivity index (χ4n) is 1.78. The molecule has 0 fully saturated rings. The summed E-state index contributed by atoms with van der Waals surface area (Å²) < 4.78 is 0.163. The largest absolute Gasteiger partial charge is 0.368 e. The molecule has 0 aliphatic carbocycles. The van der Waals surface area contributed by atoms with Crippen LogP contribution in [-0.2, 0) is 0 Å². The highest BCUT2D eigenvalue weighted by Gasteiger charge is 2.17. The molecule has 0 unspecified atom stereocenters. The van der Waals surface area contributed by atoms with Gasteiger partial charge in [0.05, 0.1) is 0 Å². The number of hydrogen-bond acceptors (Lipinski definition) is 5. The molecular weight excluding hydrogens is 280 g/mol. The van der Waals surface area contributed by atoms with E-state index in [0.29, 0.717) is 5.82 Å². The van der Waals surface area contributed by atoms with Crippen molar-refractivity contribution in [3.8, 4) is 11.5 Å². The first-order valence-electron chi connectivity index (χ1n) is 6.98. The van der Waals surface area contributed by atoms with Crippen molar-refractivity contribution in [3.63, 3.8) is 0 Å². The normalized spacial score (nSPS) is 11.5. The number of rotatable bonds is 5. The van der Waals surface area contributed by atoms with E-state index in [0.717, 1.165) is 29.3 Å². The van der Waals surface area contributed by atoms with Gasteiger partial charge in [0.25, 0.3) is 0 Å². The van der Waals surface area contributed by atoms with Crippen LogP contribution in [0, 0.1) is 13.8 Å². The summed E-state index contributed by atoms with van der Waals surface area (Å²) in [6.07, 6.45) is 3.89. The Morgan fingerprint density at radius 1 is 1.19 bits per heavy atom. The van der Waals surface area contributed by atoms with Crippen molar-refractivity contribution in [2.75, 3.05) is 18.1 Å². The molecule has 0 atom stereocenters. The maximum atomic E-state index is 4.65. The summed E-state index contributed by atoms with van der Waals surface area (Å²) in [5.41, 5.74) is 2.87. The Labute approximate surface area is 130 Å². The number of hydrogen-bond donors (Lipinski definition) is 1. The molecule has 0 aliphatic rings. The van der Waals surface area contributed by atoms with E-state index >= 15 is 0 Å². The number of pyridine rings is 1. The van der Waals surface area contributed by atoms with Crippen molar-refractivity contribution >= 4 is 17.6 Å². The number of anilines is 1. The third-order valence-corrected chi connectivity index (χ3v) is 4.77. The second-order valence-corrected chi connectivity index (χ2v) is 7.15. The lowest BCUT2D eigenvalue weighted by atomic mass is 10.2. The summed E-state index contributed by atoms with van der Waals surface area (Å²) in [5, 5.41) is 3.46. The molecule has 2 heterocycles. The monoisotopic (exact) mass is 302 g/mol. The van der Waals surface area contributed by atoms with Crippen LogP contribution >= 0.6 is 11.8 Å². The van der Waals surface area contributed by atoms with E-state index in [1.165, 1.54) is 0 Å². The van der Waals surface area contributed by atoms with Crippen molar-refractivity contribution in [1.29, 1.82) is 0 Å². The van der Waals surface area contributed by atoms with Crippen molar-refractivity contribution < 1.29 is 0 Å². The second kappa shape index (κ2) is 6.43. The summed E-state index contributed by atoms with van der Waals surface area (Å²) in [6.45, 7) is 9.34. The number of nitrogens with one attached hydrogen (secondary N) is 1. The Kier molecular flexibility index (Phi) is 4.83. The zero-order chi connectivity index (χ0) is 15.5. The van der Waals surface area contributed by atoms with E-state index in [9.17, 15) is 0 Å². The van der Waals surface area contributed by atoms with Gasteiger partial charge in [-0.2, -0.15) is 11.8 Å². The van der Waals surface area contributed by atoms with E-state index in [4.69, 9.17) is 0 Å². The van der Waals surface area contributed by atoms with Crippen LogP contribution in [0.2, 0.25) is 0 Å². The Bertz CT molecular complexity index is 611. The highest BCUT2D eigenvalue weighted by atomic mass is 32.2. The molecule has 0 saturated heterocycles. The molecule has 0 aromatic carbocycles. The molecule has 2 aromatic rings. The lowest BCUT2D eigenvalue weighted by Crippen LogP contribution is -2.26. The molecule has 112 valence electrons. The predicted octanol–water partition coefficient (Wildman–Crippen LogP) is 3.71. The van der Waals surface area contributed by atoms with E-state index in [1.807, 2.05) is 43.8 Å². The fraction of sp³-hybridized carbons (Fsp3) is 0.438. The van der Waals surface area contributed by atoms with Gasteiger partial charge in [-0.15, -0.1) is 0 Å². The van der Waals surface area contributed by atoms with Gasteiger partial charge < -0.3 is 5.32 Å². The zero-order valence-corrected chi connectivity index (χ0v) is 14.1. The van der Waals surface area contributed by atoms with Crippen molar-refractivity contribution in [3.05, 3.63) is 35.7 Å². The van der Waals surface area contributed by atoms with Gasteiger partial charge in [-0.3, -0.25) is 4.98 Å². The van der Waals surface area contributed by atoms with Crippen molar-refractivity contribution in [2.45, 2.75) is 32.4 Å². The van der Waals surface area contributed by atoms with Crippen LogP contribution in [0.15, 0.2) is 24.4 Å². The third-order valence-electron chi connectivity index (χ3n) is 3.52. The molecular formula is C16H22N4S. The standard InChI is InChI=1S/C16H22N4S/c1-11-12(2)19-15(13-8-6-7-9-17-13)20-14(11)18-10-16(3,4)21-5/h6-9H,10H2,1-5H3,(H,18,19,20). The van der Waals surface area contributed by atoms with Gasteiger partial charge in [-0.1, -0.05) is 6.07 Å². The molecule has 0 aliphatic heterocycles. The Hall–Kier alpha value is -1.62. The molecule has 21 heavy (non-hydrogen) atoms. The van der Waals surface area contributed by atoms with Crippen LogP contribution < -0.4 is 5.32 Å². The quantitative estimate of drug-likeness (QED) is 0.912. The smallest absolute Gasteiger partial charge is 0.180 e. The number of aromatic nitrogens is 3. The molecule has 2 aromatic heterocycles. The topological polar surface area (TPSA) is 50.7 Å². The number of thioether (sulfide) groups is 1. The molecule has 0 bridgehead atoms. The van der Waals surface area contributed by atoms with Crippen molar-refractivity contribution in [1.82, 2.24) is 15.0 Å². The zero-order valence-electron chi connectivity index (χ0n) is 13.3. The van der Waals surface area contributed by atoms with Gasteiger partial charge in [0.1, 0.15) is 11.5 Å². The van der Waals surface area contributed by atoms with Crippen LogP contribution in [-0.4, -0.2) is 32.5 Å². The van der Waals surface area contributed by atoms with Gasteiger partial charge >= 0.3 is 0 Å². The molecule has 0 amide bonds. The van der Waals surface area contributed by atoms with Crippen LogP contribution in [0.5, 0.6) is 0 Å². The van der Waals surface area contributed by atoms with Gasteiger partial charge in [0.15, 0.2) is 5.82 Å². The summed E-state index contributed by atoms with van der Waals surface area (Å²) in [5.74, 6) is 1.56. The van der Waals surface area contributed by atoms with E-state index in [-0.39, 0.29) is 4.75 Å². The van der Waals surface area contributed by atoms with Gasteiger partial charge in [0.2, 0.25) is 0 Å². The second-order valence-electron chi connectivity index (χ2n) is 5.64. The molecule has 1 N–H and O–H groups in total. The Morgan fingerprint density at radius 2 is 1.95 bits per heavy atom. The molecule has 2 rings (SSSR count). The minimum absolute atomic E-state index is 0.163. The summed E-state index contributed by atoms with van der Waals surface area (Å²) in [6, 6.07) is 5.77. The van der Waals surface area contributed by atoms with Crippen molar-refractivity contribution in [2.24, 2.45) is 0 Å². The van der Waals surface area contributed by atoms with Crippen LogP contribution in [0.4, 0.5) is 5.82 Å². The molecule has 5 heteroatoms. The maximum absolute atomic E-state index is 4.65. The average Bonchev–Trinajstić information content (AvgIpc) is 2.49. The van der Waals surface area contributed by atoms with E-state index in [2.05, 4.69) is 40.4 Å². The van der Waals surface area contributed by atoms with E-state index < -0.39 is 0 Å². The fourth-order valence-corrected chi connectivity index (χ4v) is 2.00. The minimum Gasteiger partial charge on any atom is -0.368 e. The van der Waals surface area contributed by atoms with E-state index in [1.54, 1.807) is 6.20 Å². The first kappa shape index (κ1) is 15.8. The van der Waals surface area contributed by atoms with Gasteiger partial charge in [-0.25, -0.2) is 9.97 Å². The van der Waals surface area contributed by atoms with Gasteiger partial charge in [-0.05, 0) is 46.1 Å². The summed E-state index contributed by atoms with van der Waals surface area (Å²) in [4.78, 5) is 13.5. The Balaban J connectivity index is 2.31. The summed E-state index contributed by atoms with van der Waals surface area (Å²) >= 11 is 1.84. The molecule has 4 nitrogen and oxygen atoms in total. The van der Waals surface area contributed by atoms with Crippen LogP contribution in [0.25, 0.3) is 11.5 Å². The number of aryl methyl sites for hydroxylation is 1. The third kappa shape index (κ3) is 3.94. The van der Waals surface area contributed by atoms with Crippen LogP contribution in [0.1, 0.15) is 25.1 Å². The lowest BCUT2D eigenvalue weighted by molar-refractivity contribution is 0.748.